The molecule has 0 aliphatic heterocycles. The van der Waals surface area contributed by atoms with Crippen LogP contribution in [0.25, 0.3) is 11.4 Å². The first-order chi connectivity index (χ1) is 8.35. The van der Waals surface area contributed by atoms with Gasteiger partial charge < -0.3 is 15.0 Å². The van der Waals surface area contributed by atoms with Gasteiger partial charge in [-0.1, -0.05) is 18.2 Å². The SMILES string of the molecule is COCCn1cnnc1-c1cccc(CN)c1. The summed E-state index contributed by atoms with van der Waals surface area (Å²) >= 11 is 0. The molecule has 0 fully saturated rings. The molecule has 2 aromatic rings. The van der Waals surface area contributed by atoms with Crippen molar-refractivity contribution in [3.63, 3.8) is 0 Å². The van der Waals surface area contributed by atoms with E-state index in [2.05, 4.69) is 10.2 Å². The monoisotopic (exact) mass is 232 g/mol. The van der Waals surface area contributed by atoms with E-state index in [1.165, 1.54) is 0 Å². The van der Waals surface area contributed by atoms with Gasteiger partial charge in [0.15, 0.2) is 5.82 Å². The van der Waals surface area contributed by atoms with Gasteiger partial charge in [-0.15, -0.1) is 10.2 Å². The van der Waals surface area contributed by atoms with Gasteiger partial charge in [0.05, 0.1) is 6.61 Å². The van der Waals surface area contributed by atoms with E-state index >= 15 is 0 Å². The van der Waals surface area contributed by atoms with Crippen molar-refractivity contribution in [3.05, 3.63) is 36.2 Å². The largest absolute Gasteiger partial charge is 0.383 e. The van der Waals surface area contributed by atoms with Gasteiger partial charge in [0.2, 0.25) is 0 Å². The summed E-state index contributed by atoms with van der Waals surface area (Å²) in [6, 6.07) is 8.02. The van der Waals surface area contributed by atoms with E-state index in [-0.39, 0.29) is 0 Å². The molecule has 0 aliphatic carbocycles. The number of rotatable bonds is 5. The van der Waals surface area contributed by atoms with Crippen LogP contribution in [-0.2, 0) is 17.8 Å². The molecular formula is C12H16N4O. The highest BCUT2D eigenvalue weighted by Gasteiger charge is 2.07. The van der Waals surface area contributed by atoms with Gasteiger partial charge in [-0.05, 0) is 11.6 Å². The Morgan fingerprint density at radius 3 is 3.06 bits per heavy atom. The molecule has 0 amide bonds. The number of ether oxygens (including phenoxy) is 1. The van der Waals surface area contributed by atoms with Crippen LogP contribution in [0.5, 0.6) is 0 Å². The van der Waals surface area contributed by atoms with E-state index in [9.17, 15) is 0 Å². The van der Waals surface area contributed by atoms with Gasteiger partial charge in [0.25, 0.3) is 0 Å². The van der Waals surface area contributed by atoms with Gasteiger partial charge in [-0.25, -0.2) is 0 Å². The number of aromatic nitrogens is 3. The van der Waals surface area contributed by atoms with Gasteiger partial charge >= 0.3 is 0 Å². The Hall–Kier alpha value is -1.72. The van der Waals surface area contributed by atoms with Crippen molar-refractivity contribution in [2.75, 3.05) is 13.7 Å². The topological polar surface area (TPSA) is 66.0 Å². The number of methoxy groups -OCH3 is 1. The lowest BCUT2D eigenvalue weighted by atomic mass is 10.1. The second-order valence-corrected chi connectivity index (χ2v) is 3.75. The van der Waals surface area contributed by atoms with Crippen LogP contribution in [0.1, 0.15) is 5.56 Å². The summed E-state index contributed by atoms with van der Waals surface area (Å²) < 4.78 is 7.03. The fraction of sp³-hybridized carbons (Fsp3) is 0.333. The van der Waals surface area contributed by atoms with Crippen LogP contribution in [0.15, 0.2) is 30.6 Å². The van der Waals surface area contributed by atoms with Crippen LogP contribution < -0.4 is 5.73 Å². The lowest BCUT2D eigenvalue weighted by Crippen LogP contribution is -2.05. The van der Waals surface area contributed by atoms with E-state index in [0.29, 0.717) is 13.2 Å². The first-order valence-corrected chi connectivity index (χ1v) is 5.51. The average Bonchev–Trinajstić information content (AvgIpc) is 2.84. The zero-order valence-electron chi connectivity index (χ0n) is 9.84. The summed E-state index contributed by atoms with van der Waals surface area (Å²) in [5.74, 6) is 0.845. The summed E-state index contributed by atoms with van der Waals surface area (Å²) in [4.78, 5) is 0. The highest BCUT2D eigenvalue weighted by molar-refractivity contribution is 5.56. The van der Waals surface area contributed by atoms with Crippen LogP contribution in [0.2, 0.25) is 0 Å². The fourth-order valence-corrected chi connectivity index (χ4v) is 1.67. The molecule has 1 aromatic heterocycles. The molecule has 0 bridgehead atoms. The lowest BCUT2D eigenvalue weighted by molar-refractivity contribution is 0.187. The van der Waals surface area contributed by atoms with Crippen LogP contribution in [0.3, 0.4) is 0 Å². The molecule has 0 saturated heterocycles. The predicted molar refractivity (Wildman–Crippen MR) is 65.2 cm³/mol. The first kappa shape index (κ1) is 11.8. The van der Waals surface area contributed by atoms with Crippen molar-refractivity contribution >= 4 is 0 Å². The van der Waals surface area contributed by atoms with Crippen molar-refractivity contribution in [3.8, 4) is 11.4 Å². The van der Waals surface area contributed by atoms with Crippen molar-refractivity contribution in [1.29, 1.82) is 0 Å². The third-order valence-electron chi connectivity index (χ3n) is 2.57. The Kier molecular flexibility index (Phi) is 3.85. The molecule has 0 atom stereocenters. The number of hydrogen-bond acceptors (Lipinski definition) is 4. The van der Waals surface area contributed by atoms with Crippen LogP contribution in [-0.4, -0.2) is 28.5 Å². The van der Waals surface area contributed by atoms with Crippen molar-refractivity contribution in [2.45, 2.75) is 13.1 Å². The average molecular weight is 232 g/mol. The molecule has 5 heteroatoms. The van der Waals surface area contributed by atoms with E-state index in [1.54, 1.807) is 13.4 Å². The zero-order valence-corrected chi connectivity index (χ0v) is 9.84. The maximum atomic E-state index is 5.63. The highest BCUT2D eigenvalue weighted by atomic mass is 16.5. The second kappa shape index (κ2) is 5.56. The molecule has 5 nitrogen and oxygen atoms in total. The molecule has 2 N–H and O–H groups in total. The van der Waals surface area contributed by atoms with Crippen LogP contribution >= 0.6 is 0 Å². The molecule has 0 unspecified atom stereocenters. The Balaban J connectivity index is 2.28. The number of nitrogens with zero attached hydrogens (tertiary/aromatic N) is 3. The molecular weight excluding hydrogens is 216 g/mol. The van der Waals surface area contributed by atoms with E-state index in [4.69, 9.17) is 10.5 Å². The molecule has 17 heavy (non-hydrogen) atoms. The van der Waals surface area contributed by atoms with E-state index in [0.717, 1.165) is 23.5 Å². The molecule has 0 saturated carbocycles. The molecule has 90 valence electrons. The van der Waals surface area contributed by atoms with E-state index in [1.807, 2.05) is 28.8 Å². The minimum atomic E-state index is 0.528. The Bertz CT molecular complexity index is 481. The maximum absolute atomic E-state index is 5.63. The predicted octanol–water partition coefficient (Wildman–Crippen LogP) is 1.05. The minimum absolute atomic E-state index is 0.528. The summed E-state index contributed by atoms with van der Waals surface area (Å²) in [6.07, 6.45) is 1.71. The van der Waals surface area contributed by atoms with E-state index < -0.39 is 0 Å². The zero-order chi connectivity index (χ0) is 12.1. The van der Waals surface area contributed by atoms with Crippen molar-refractivity contribution < 1.29 is 4.74 Å². The fourth-order valence-electron chi connectivity index (χ4n) is 1.67. The number of nitrogens with two attached hydrogens (primary N) is 1. The number of hydrogen-bond donors (Lipinski definition) is 1. The maximum Gasteiger partial charge on any atom is 0.163 e. The Labute approximate surface area is 100 Å². The standard InChI is InChI=1S/C12H16N4O/c1-17-6-5-16-9-14-15-12(16)11-4-2-3-10(7-11)8-13/h2-4,7,9H,5-6,8,13H2,1H3. The summed E-state index contributed by atoms with van der Waals surface area (Å²) in [6.45, 7) is 1.91. The molecule has 2 rings (SSSR count). The minimum Gasteiger partial charge on any atom is -0.383 e. The molecule has 0 aliphatic rings. The van der Waals surface area contributed by atoms with Crippen LogP contribution in [0, 0.1) is 0 Å². The highest BCUT2D eigenvalue weighted by Crippen LogP contribution is 2.17. The summed E-state index contributed by atoms with van der Waals surface area (Å²) in [7, 11) is 1.68. The van der Waals surface area contributed by atoms with Crippen molar-refractivity contribution in [1.82, 2.24) is 14.8 Å². The summed E-state index contributed by atoms with van der Waals surface area (Å²) in [5, 5.41) is 8.06. The van der Waals surface area contributed by atoms with Gasteiger partial charge in [0, 0.05) is 25.8 Å². The van der Waals surface area contributed by atoms with Gasteiger partial charge in [0.1, 0.15) is 6.33 Å². The first-order valence-electron chi connectivity index (χ1n) is 5.51. The third kappa shape index (κ3) is 2.69. The Morgan fingerprint density at radius 2 is 2.29 bits per heavy atom. The van der Waals surface area contributed by atoms with Gasteiger partial charge in [-0.2, -0.15) is 0 Å². The third-order valence-corrected chi connectivity index (χ3v) is 2.57. The number of benzene rings is 1. The van der Waals surface area contributed by atoms with Crippen LogP contribution in [0.4, 0.5) is 0 Å². The molecule has 0 radical (unpaired) electrons. The summed E-state index contributed by atoms with van der Waals surface area (Å²) in [5.41, 5.74) is 7.74. The van der Waals surface area contributed by atoms with Gasteiger partial charge in [-0.3, -0.25) is 0 Å². The smallest absolute Gasteiger partial charge is 0.163 e. The Morgan fingerprint density at radius 1 is 1.41 bits per heavy atom. The lowest BCUT2D eigenvalue weighted by Gasteiger charge is -2.06. The second-order valence-electron chi connectivity index (χ2n) is 3.75. The normalized spacial score (nSPS) is 10.7. The molecule has 1 aromatic carbocycles. The quantitative estimate of drug-likeness (QED) is 0.836. The molecule has 0 spiro atoms. The van der Waals surface area contributed by atoms with Crippen molar-refractivity contribution in [2.24, 2.45) is 5.73 Å². The molecule has 1 heterocycles.